The summed E-state index contributed by atoms with van der Waals surface area (Å²) in [6.07, 6.45) is 2.84. The van der Waals surface area contributed by atoms with Crippen LogP contribution in [0.25, 0.3) is 0 Å². The Bertz CT molecular complexity index is 879. The molecule has 1 saturated carbocycles. The quantitative estimate of drug-likeness (QED) is 0.790. The molecule has 8 heteroatoms. The Morgan fingerprint density at radius 2 is 2.00 bits per heavy atom. The molecule has 3 rings (SSSR count). The topological polar surface area (TPSA) is 97.4 Å². The molecule has 0 aliphatic heterocycles. The van der Waals surface area contributed by atoms with Crippen LogP contribution in [0.1, 0.15) is 30.1 Å². The number of hydrogen-bond acceptors (Lipinski definition) is 5. The summed E-state index contributed by atoms with van der Waals surface area (Å²) >= 11 is 0. The Morgan fingerprint density at radius 1 is 1.24 bits per heavy atom. The first-order chi connectivity index (χ1) is 12.0. The molecule has 1 aliphatic carbocycles. The molecule has 0 bridgehead atoms. The number of ether oxygens (including phenoxy) is 1. The van der Waals surface area contributed by atoms with Crippen LogP contribution in [0.4, 0.5) is 11.5 Å². The SMILES string of the molecule is CCOc1cccnc1NC(=O)c1ccccc1NS(=O)(=O)C1CC1. The van der Waals surface area contributed by atoms with E-state index in [9.17, 15) is 13.2 Å². The number of sulfonamides is 1. The molecule has 1 fully saturated rings. The van der Waals surface area contributed by atoms with Crippen LogP contribution in [-0.2, 0) is 10.0 Å². The van der Waals surface area contributed by atoms with Gasteiger partial charge in [-0.25, -0.2) is 13.4 Å². The van der Waals surface area contributed by atoms with E-state index in [-0.39, 0.29) is 22.3 Å². The van der Waals surface area contributed by atoms with Gasteiger partial charge in [0.2, 0.25) is 10.0 Å². The molecule has 0 atom stereocenters. The van der Waals surface area contributed by atoms with Crippen molar-refractivity contribution in [1.29, 1.82) is 0 Å². The first-order valence-corrected chi connectivity index (χ1v) is 9.55. The van der Waals surface area contributed by atoms with Crippen molar-refractivity contribution in [2.24, 2.45) is 0 Å². The lowest BCUT2D eigenvalue weighted by atomic mass is 10.1. The highest BCUT2D eigenvalue weighted by atomic mass is 32.2. The molecule has 132 valence electrons. The fourth-order valence-corrected chi connectivity index (χ4v) is 3.72. The molecule has 25 heavy (non-hydrogen) atoms. The lowest BCUT2D eigenvalue weighted by molar-refractivity contribution is 0.102. The van der Waals surface area contributed by atoms with E-state index < -0.39 is 15.9 Å². The van der Waals surface area contributed by atoms with Crippen LogP contribution < -0.4 is 14.8 Å². The number of nitrogens with one attached hydrogen (secondary N) is 2. The second-order valence-corrected chi connectivity index (χ2v) is 7.59. The van der Waals surface area contributed by atoms with Crippen molar-refractivity contribution >= 4 is 27.4 Å². The van der Waals surface area contributed by atoms with Crippen molar-refractivity contribution < 1.29 is 17.9 Å². The van der Waals surface area contributed by atoms with Crippen LogP contribution in [-0.4, -0.2) is 31.2 Å². The number of carbonyl (C=O) groups excluding carboxylic acids is 1. The summed E-state index contributed by atoms with van der Waals surface area (Å²) in [5.41, 5.74) is 0.473. The molecule has 2 aromatic rings. The summed E-state index contributed by atoms with van der Waals surface area (Å²) in [4.78, 5) is 16.7. The number of para-hydroxylation sites is 1. The van der Waals surface area contributed by atoms with Crippen LogP contribution in [0.2, 0.25) is 0 Å². The standard InChI is InChI=1S/C17H19N3O4S/c1-2-24-15-8-5-11-18-16(15)19-17(21)13-6-3-4-7-14(13)20-25(22,23)12-9-10-12/h3-8,11-12,20H,2,9-10H2,1H3,(H,18,19,21). The second kappa shape index (κ2) is 7.10. The number of amides is 1. The van der Waals surface area contributed by atoms with E-state index in [4.69, 9.17) is 4.74 Å². The number of rotatable bonds is 7. The molecule has 0 spiro atoms. The lowest BCUT2D eigenvalue weighted by Gasteiger charge is -2.13. The third-order valence-corrected chi connectivity index (χ3v) is 5.54. The van der Waals surface area contributed by atoms with Crippen molar-refractivity contribution in [2.75, 3.05) is 16.6 Å². The van der Waals surface area contributed by atoms with E-state index in [1.807, 2.05) is 6.92 Å². The van der Waals surface area contributed by atoms with Gasteiger partial charge in [0.1, 0.15) is 0 Å². The van der Waals surface area contributed by atoms with Crippen molar-refractivity contribution in [3.05, 3.63) is 48.2 Å². The zero-order valence-electron chi connectivity index (χ0n) is 13.7. The molecule has 7 nitrogen and oxygen atoms in total. The van der Waals surface area contributed by atoms with E-state index in [0.717, 1.165) is 0 Å². The highest BCUT2D eigenvalue weighted by molar-refractivity contribution is 7.93. The van der Waals surface area contributed by atoms with E-state index in [2.05, 4.69) is 15.0 Å². The minimum Gasteiger partial charge on any atom is -0.490 e. The lowest BCUT2D eigenvalue weighted by Crippen LogP contribution is -2.21. The Morgan fingerprint density at radius 3 is 2.72 bits per heavy atom. The van der Waals surface area contributed by atoms with Crippen LogP contribution in [0.15, 0.2) is 42.6 Å². The first-order valence-electron chi connectivity index (χ1n) is 8.01. The van der Waals surface area contributed by atoms with Crippen molar-refractivity contribution in [3.8, 4) is 5.75 Å². The number of carbonyl (C=O) groups is 1. The maximum Gasteiger partial charge on any atom is 0.259 e. The van der Waals surface area contributed by atoms with Crippen molar-refractivity contribution in [3.63, 3.8) is 0 Å². The molecule has 0 unspecified atom stereocenters. The maximum atomic E-state index is 12.6. The monoisotopic (exact) mass is 361 g/mol. The molecule has 0 radical (unpaired) electrons. The number of aromatic nitrogens is 1. The first kappa shape index (κ1) is 17.2. The average Bonchev–Trinajstić information content (AvgIpc) is 3.42. The van der Waals surface area contributed by atoms with Gasteiger partial charge in [-0.2, -0.15) is 0 Å². The Labute approximate surface area is 146 Å². The fourth-order valence-electron chi connectivity index (χ4n) is 2.32. The van der Waals surface area contributed by atoms with Crippen LogP contribution in [0, 0.1) is 0 Å². The highest BCUT2D eigenvalue weighted by Gasteiger charge is 2.36. The molecule has 1 aromatic carbocycles. The minimum atomic E-state index is -3.46. The van der Waals surface area contributed by atoms with Gasteiger partial charge >= 0.3 is 0 Å². The van der Waals surface area contributed by atoms with Crippen molar-refractivity contribution in [1.82, 2.24) is 4.98 Å². The van der Waals surface area contributed by atoms with Gasteiger partial charge in [0, 0.05) is 6.20 Å². The molecule has 2 N–H and O–H groups in total. The highest BCUT2D eigenvalue weighted by Crippen LogP contribution is 2.31. The van der Waals surface area contributed by atoms with E-state index >= 15 is 0 Å². The van der Waals surface area contributed by atoms with Gasteiger partial charge in [-0.15, -0.1) is 0 Å². The van der Waals surface area contributed by atoms with Gasteiger partial charge in [0.25, 0.3) is 5.91 Å². The Kier molecular flexibility index (Phi) is 4.89. The number of nitrogens with zero attached hydrogens (tertiary/aromatic N) is 1. The molecule has 1 heterocycles. The molecule has 1 amide bonds. The summed E-state index contributed by atoms with van der Waals surface area (Å²) < 4.78 is 32.3. The molecule has 1 aromatic heterocycles. The number of pyridine rings is 1. The summed E-state index contributed by atoms with van der Waals surface area (Å²) in [5, 5.41) is 2.30. The summed E-state index contributed by atoms with van der Waals surface area (Å²) in [6, 6.07) is 9.88. The van der Waals surface area contributed by atoms with Crippen LogP contribution in [0.5, 0.6) is 5.75 Å². The van der Waals surface area contributed by atoms with Crippen molar-refractivity contribution in [2.45, 2.75) is 25.0 Å². The summed E-state index contributed by atoms with van der Waals surface area (Å²) in [7, 11) is -3.46. The van der Waals surface area contributed by atoms with Gasteiger partial charge in [-0.3, -0.25) is 9.52 Å². The third-order valence-electron chi connectivity index (χ3n) is 3.69. The molecule has 1 aliphatic rings. The summed E-state index contributed by atoms with van der Waals surface area (Å²) in [6.45, 7) is 2.27. The molecular formula is C17H19N3O4S. The zero-order valence-corrected chi connectivity index (χ0v) is 14.5. The van der Waals surface area contributed by atoms with Crippen LogP contribution >= 0.6 is 0 Å². The third kappa shape index (κ3) is 4.08. The number of benzene rings is 1. The number of anilines is 2. The fraction of sp³-hybridized carbons (Fsp3) is 0.294. The van der Waals surface area contributed by atoms with E-state index in [1.165, 1.54) is 0 Å². The smallest absolute Gasteiger partial charge is 0.259 e. The van der Waals surface area contributed by atoms with E-state index in [1.54, 1.807) is 42.6 Å². The average molecular weight is 361 g/mol. The van der Waals surface area contributed by atoms with Gasteiger partial charge < -0.3 is 10.1 Å². The van der Waals surface area contributed by atoms with Gasteiger partial charge in [0.15, 0.2) is 11.6 Å². The van der Waals surface area contributed by atoms with Gasteiger partial charge in [0.05, 0.1) is 23.1 Å². The predicted octanol–water partition coefficient (Wildman–Crippen LogP) is 2.64. The Hall–Kier alpha value is -2.61. The Balaban J connectivity index is 1.83. The molecular weight excluding hydrogens is 342 g/mol. The predicted molar refractivity (Wildman–Crippen MR) is 95.4 cm³/mol. The zero-order chi connectivity index (χ0) is 17.9. The number of hydrogen-bond donors (Lipinski definition) is 2. The largest absolute Gasteiger partial charge is 0.490 e. The minimum absolute atomic E-state index is 0.222. The molecule has 0 saturated heterocycles. The summed E-state index contributed by atoms with van der Waals surface area (Å²) in [5.74, 6) is 0.275. The van der Waals surface area contributed by atoms with Gasteiger partial charge in [-0.05, 0) is 44.0 Å². The second-order valence-electron chi connectivity index (χ2n) is 5.63. The maximum absolute atomic E-state index is 12.6. The normalized spacial score (nSPS) is 14.0. The van der Waals surface area contributed by atoms with Gasteiger partial charge in [-0.1, -0.05) is 12.1 Å². The van der Waals surface area contributed by atoms with Crippen LogP contribution in [0.3, 0.4) is 0 Å². The van der Waals surface area contributed by atoms with E-state index in [0.29, 0.717) is 25.2 Å².